The maximum Gasteiger partial charge on any atom is 0.163 e. The van der Waals surface area contributed by atoms with Gasteiger partial charge in [-0.2, -0.15) is 0 Å². The summed E-state index contributed by atoms with van der Waals surface area (Å²) >= 11 is 0. The summed E-state index contributed by atoms with van der Waals surface area (Å²) < 4.78 is 10.0. The number of hydrogen-bond donors (Lipinski definition) is 0. The van der Waals surface area contributed by atoms with Gasteiger partial charge in [0.05, 0.1) is 6.61 Å². The molecule has 0 aliphatic carbocycles. The average Bonchev–Trinajstić information content (AvgIpc) is 3.08. The zero-order chi connectivity index (χ0) is 13.9. The zero-order valence-electron chi connectivity index (χ0n) is 12.1. The molecule has 1 aliphatic heterocycles. The maximum atomic E-state index is 5.87. The van der Waals surface area contributed by atoms with E-state index in [-0.39, 0.29) is 6.10 Å². The van der Waals surface area contributed by atoms with Crippen molar-refractivity contribution in [3.05, 3.63) is 36.2 Å². The van der Waals surface area contributed by atoms with Crippen molar-refractivity contribution in [2.75, 3.05) is 19.7 Å². The molecule has 0 aromatic carbocycles. The van der Waals surface area contributed by atoms with Crippen molar-refractivity contribution < 1.29 is 4.74 Å². The third-order valence-electron chi connectivity index (χ3n) is 3.72. The van der Waals surface area contributed by atoms with Crippen LogP contribution >= 0.6 is 0 Å². The molecule has 1 fully saturated rings. The summed E-state index contributed by atoms with van der Waals surface area (Å²) in [5.74, 6) is 0.935. The van der Waals surface area contributed by atoms with E-state index < -0.39 is 0 Å². The van der Waals surface area contributed by atoms with E-state index in [4.69, 9.17) is 4.74 Å². The van der Waals surface area contributed by atoms with E-state index in [0.29, 0.717) is 0 Å². The Labute approximate surface area is 119 Å². The fourth-order valence-electron chi connectivity index (χ4n) is 2.67. The van der Waals surface area contributed by atoms with E-state index in [1.165, 1.54) is 5.56 Å². The molecule has 1 aliphatic rings. The monoisotopic (exact) mass is 275 g/mol. The highest BCUT2D eigenvalue weighted by Crippen LogP contribution is 2.21. The predicted molar refractivity (Wildman–Crippen MR) is 75.1 cm³/mol. The van der Waals surface area contributed by atoms with Crippen LogP contribution in [-0.2, 0) is 24.9 Å². The molecule has 2 aromatic rings. The molecule has 0 amide bonds. The Bertz CT molecular complexity index is 561. The van der Waals surface area contributed by atoms with Gasteiger partial charge in [0, 0.05) is 45.6 Å². The Balaban J connectivity index is 1.67. The number of nitrogens with zero attached hydrogens (tertiary/aromatic N) is 5. The lowest BCUT2D eigenvalue weighted by molar-refractivity contribution is -0.0388. The molecule has 108 valence electrons. The molecule has 6 nitrogen and oxygen atoms in total. The van der Waals surface area contributed by atoms with Crippen molar-refractivity contribution in [3.63, 3.8) is 0 Å². The van der Waals surface area contributed by atoms with Crippen molar-refractivity contribution in [1.29, 1.82) is 0 Å². The Morgan fingerprint density at radius 1 is 1.45 bits per heavy atom. The fourth-order valence-corrected chi connectivity index (χ4v) is 2.67. The Hall–Kier alpha value is -1.66. The highest BCUT2D eigenvalue weighted by atomic mass is 16.5. The Morgan fingerprint density at radius 3 is 3.10 bits per heavy atom. The quantitative estimate of drug-likeness (QED) is 0.841. The predicted octanol–water partition coefficient (Wildman–Crippen LogP) is 1.21. The highest BCUT2D eigenvalue weighted by Gasteiger charge is 2.25. The van der Waals surface area contributed by atoms with E-state index in [1.54, 1.807) is 6.33 Å². The second kappa shape index (κ2) is 5.76. The van der Waals surface area contributed by atoms with Crippen LogP contribution in [-0.4, -0.2) is 43.9 Å². The van der Waals surface area contributed by atoms with Crippen LogP contribution in [0.1, 0.15) is 24.4 Å². The number of hydrogen-bond acceptors (Lipinski definition) is 4. The van der Waals surface area contributed by atoms with E-state index in [9.17, 15) is 0 Å². The summed E-state index contributed by atoms with van der Waals surface area (Å²) in [7, 11) is 2.05. The van der Waals surface area contributed by atoms with Gasteiger partial charge in [0.25, 0.3) is 0 Å². The zero-order valence-corrected chi connectivity index (χ0v) is 12.1. The first-order chi connectivity index (χ1) is 9.76. The van der Waals surface area contributed by atoms with E-state index in [2.05, 4.69) is 56.7 Å². The Morgan fingerprint density at radius 2 is 2.35 bits per heavy atom. The first kappa shape index (κ1) is 13.3. The number of aromatic nitrogens is 4. The number of ether oxygens (including phenoxy) is 1. The van der Waals surface area contributed by atoms with Crippen LogP contribution in [0, 0.1) is 0 Å². The highest BCUT2D eigenvalue weighted by molar-refractivity contribution is 5.10. The smallest absolute Gasteiger partial charge is 0.163 e. The summed E-state index contributed by atoms with van der Waals surface area (Å²) in [6.07, 6.45) is 6.05. The Kier molecular flexibility index (Phi) is 3.84. The van der Waals surface area contributed by atoms with Crippen LogP contribution in [0.3, 0.4) is 0 Å². The molecule has 6 heteroatoms. The van der Waals surface area contributed by atoms with Crippen molar-refractivity contribution >= 4 is 0 Å². The average molecular weight is 275 g/mol. The lowest BCUT2D eigenvalue weighted by Crippen LogP contribution is -2.38. The molecule has 0 bridgehead atoms. The van der Waals surface area contributed by atoms with Crippen LogP contribution in [0.2, 0.25) is 0 Å². The van der Waals surface area contributed by atoms with E-state index >= 15 is 0 Å². The summed E-state index contributed by atoms with van der Waals surface area (Å²) in [4.78, 5) is 2.41. The first-order valence-corrected chi connectivity index (χ1v) is 7.08. The van der Waals surface area contributed by atoms with Gasteiger partial charge >= 0.3 is 0 Å². The van der Waals surface area contributed by atoms with Gasteiger partial charge in [-0.05, 0) is 18.6 Å². The second-order valence-corrected chi connectivity index (χ2v) is 5.25. The number of morpholine rings is 1. The molecule has 0 spiro atoms. The lowest BCUT2D eigenvalue weighted by atomic mass is 10.2. The van der Waals surface area contributed by atoms with Crippen molar-refractivity contribution in [2.24, 2.45) is 7.05 Å². The van der Waals surface area contributed by atoms with Crippen LogP contribution in [0.25, 0.3) is 0 Å². The van der Waals surface area contributed by atoms with Crippen LogP contribution in [0.4, 0.5) is 0 Å². The molecular formula is C14H21N5O. The summed E-state index contributed by atoms with van der Waals surface area (Å²) in [6.45, 7) is 6.51. The standard InChI is InChI=1S/C14H21N5O/c1-3-19-11-15-16-14(19)13-10-18(6-7-20-13)9-12-4-5-17(2)8-12/h4-5,8,11,13H,3,6-7,9-10H2,1-2H3. The SMILES string of the molecule is CCn1cnnc1C1CN(Cc2ccn(C)c2)CCO1. The van der Waals surface area contributed by atoms with Gasteiger partial charge in [0.1, 0.15) is 12.4 Å². The molecule has 3 rings (SSSR count). The molecule has 3 heterocycles. The molecule has 1 unspecified atom stereocenters. The molecule has 20 heavy (non-hydrogen) atoms. The van der Waals surface area contributed by atoms with Gasteiger partial charge in [0.15, 0.2) is 5.82 Å². The molecule has 1 saturated heterocycles. The summed E-state index contributed by atoms with van der Waals surface area (Å²) in [5, 5.41) is 8.21. The number of rotatable bonds is 4. The van der Waals surface area contributed by atoms with Crippen molar-refractivity contribution in [3.8, 4) is 0 Å². The van der Waals surface area contributed by atoms with Gasteiger partial charge in [-0.15, -0.1) is 10.2 Å². The molecule has 0 radical (unpaired) electrons. The van der Waals surface area contributed by atoms with Gasteiger partial charge in [-0.1, -0.05) is 0 Å². The van der Waals surface area contributed by atoms with Crippen molar-refractivity contribution in [2.45, 2.75) is 26.1 Å². The normalized spacial score (nSPS) is 20.4. The van der Waals surface area contributed by atoms with E-state index in [0.717, 1.165) is 38.6 Å². The summed E-state index contributed by atoms with van der Waals surface area (Å²) in [6, 6.07) is 2.17. The minimum absolute atomic E-state index is 0.0231. The third kappa shape index (κ3) is 2.76. The van der Waals surface area contributed by atoms with Gasteiger partial charge in [-0.25, -0.2) is 0 Å². The van der Waals surface area contributed by atoms with Crippen molar-refractivity contribution in [1.82, 2.24) is 24.2 Å². The minimum atomic E-state index is 0.0231. The molecule has 1 atom stereocenters. The first-order valence-electron chi connectivity index (χ1n) is 7.08. The minimum Gasteiger partial charge on any atom is -0.368 e. The van der Waals surface area contributed by atoms with Gasteiger partial charge in [0.2, 0.25) is 0 Å². The van der Waals surface area contributed by atoms with Gasteiger partial charge < -0.3 is 13.9 Å². The van der Waals surface area contributed by atoms with Crippen LogP contribution < -0.4 is 0 Å². The van der Waals surface area contributed by atoms with Gasteiger partial charge in [-0.3, -0.25) is 4.90 Å². The van der Waals surface area contributed by atoms with E-state index in [1.807, 2.05) is 0 Å². The fraction of sp³-hybridized carbons (Fsp3) is 0.571. The second-order valence-electron chi connectivity index (χ2n) is 5.25. The third-order valence-corrected chi connectivity index (χ3v) is 3.72. The van der Waals surface area contributed by atoms with Crippen LogP contribution in [0.15, 0.2) is 24.8 Å². The largest absolute Gasteiger partial charge is 0.368 e. The van der Waals surface area contributed by atoms with Crippen LogP contribution in [0.5, 0.6) is 0 Å². The molecular weight excluding hydrogens is 254 g/mol. The topological polar surface area (TPSA) is 48.1 Å². The molecule has 2 aromatic heterocycles. The summed E-state index contributed by atoms with van der Waals surface area (Å²) in [5.41, 5.74) is 1.34. The molecule has 0 N–H and O–H groups in total. The number of aryl methyl sites for hydroxylation is 2. The molecule has 0 saturated carbocycles. The maximum absolute atomic E-state index is 5.87. The lowest BCUT2D eigenvalue weighted by Gasteiger charge is -2.32.